The largest absolute Gasteiger partial charge is 0.489 e. The Hall–Kier alpha value is -4.25. The van der Waals surface area contributed by atoms with Crippen LogP contribution in [0, 0.1) is 0 Å². The van der Waals surface area contributed by atoms with Crippen molar-refractivity contribution in [1.82, 2.24) is 10.2 Å². The van der Waals surface area contributed by atoms with Crippen LogP contribution in [0.5, 0.6) is 5.75 Å². The van der Waals surface area contributed by atoms with Crippen molar-refractivity contribution in [2.75, 3.05) is 31.2 Å². The maximum absolute atomic E-state index is 13.4. The summed E-state index contributed by atoms with van der Waals surface area (Å²) in [5.41, 5.74) is 1.25. The van der Waals surface area contributed by atoms with Gasteiger partial charge in [0.05, 0.1) is 23.4 Å². The Morgan fingerprint density at radius 2 is 1.59 bits per heavy atom. The van der Waals surface area contributed by atoms with Gasteiger partial charge in [-0.3, -0.25) is 39.1 Å². The van der Waals surface area contributed by atoms with Gasteiger partial charge < -0.3 is 14.6 Å². The summed E-state index contributed by atoms with van der Waals surface area (Å²) in [7, 11) is 0. The quantitative estimate of drug-likeness (QED) is 0.201. The van der Waals surface area contributed by atoms with Gasteiger partial charge in [0.1, 0.15) is 31.0 Å². The van der Waals surface area contributed by atoms with Crippen molar-refractivity contribution in [3.63, 3.8) is 0 Å². The lowest BCUT2D eigenvalue weighted by Gasteiger charge is -2.26. The number of benzene rings is 2. The number of aliphatic carboxylic acids is 1. The molecule has 41 heavy (non-hydrogen) atoms. The van der Waals surface area contributed by atoms with Crippen LogP contribution in [0.1, 0.15) is 66.2 Å². The highest BCUT2D eigenvalue weighted by Gasteiger charge is 2.36. The van der Waals surface area contributed by atoms with Crippen molar-refractivity contribution in [2.45, 2.75) is 57.5 Å². The molecule has 3 amide bonds. The Labute approximate surface area is 238 Å². The van der Waals surface area contributed by atoms with Gasteiger partial charge in [0.25, 0.3) is 11.8 Å². The monoisotopic (exact) mass is 565 g/mol. The second-order valence-electron chi connectivity index (χ2n) is 9.98. The summed E-state index contributed by atoms with van der Waals surface area (Å²) in [6.07, 6.45) is 4.20. The fraction of sp³-hybridized carbons (Fsp3) is 0.433. The average molecular weight is 566 g/mol. The average Bonchev–Trinajstić information content (AvgIpc) is 3.12. The topological polar surface area (TPSA) is 143 Å². The number of carbonyl (C=O) groups is 5. The summed E-state index contributed by atoms with van der Waals surface area (Å²) < 4.78 is 11.0. The molecule has 2 atom stereocenters. The number of carboxylic acid groups (broad SMARTS) is 1. The van der Waals surface area contributed by atoms with Gasteiger partial charge in [0.15, 0.2) is 0 Å². The first kappa shape index (κ1) is 29.7. The zero-order valence-corrected chi connectivity index (χ0v) is 23.0. The molecule has 0 aromatic heterocycles. The third kappa shape index (κ3) is 7.10. The van der Waals surface area contributed by atoms with E-state index in [9.17, 15) is 29.1 Å². The van der Waals surface area contributed by atoms with Crippen molar-refractivity contribution in [1.29, 1.82) is 0 Å². The fourth-order valence-corrected chi connectivity index (χ4v) is 5.12. The van der Waals surface area contributed by atoms with Crippen LogP contribution in [0.25, 0.3) is 0 Å². The number of nitrogens with zero attached hydrogens (tertiary/aromatic N) is 2. The maximum Gasteiger partial charge on any atom is 0.323 e. The Balaban J connectivity index is 1.27. The minimum absolute atomic E-state index is 0.0698. The van der Waals surface area contributed by atoms with Gasteiger partial charge in [-0.25, -0.2) is 0 Å². The number of para-hydroxylation sites is 2. The molecule has 2 aliphatic rings. The fourth-order valence-electron chi connectivity index (χ4n) is 5.12. The van der Waals surface area contributed by atoms with E-state index in [0.29, 0.717) is 48.4 Å². The molecule has 0 unspecified atom stereocenters. The van der Waals surface area contributed by atoms with E-state index in [1.54, 1.807) is 55.5 Å². The molecule has 0 saturated heterocycles. The number of nitrogens with one attached hydrogen (secondary N) is 1. The number of esters is 1. The van der Waals surface area contributed by atoms with E-state index in [-0.39, 0.29) is 25.0 Å². The van der Waals surface area contributed by atoms with E-state index < -0.39 is 36.5 Å². The van der Waals surface area contributed by atoms with Gasteiger partial charge in [0, 0.05) is 6.54 Å². The number of carboxylic acids is 1. The third-order valence-electron chi connectivity index (χ3n) is 7.15. The minimum atomic E-state index is -1.17. The molecule has 0 spiro atoms. The van der Waals surface area contributed by atoms with Crippen molar-refractivity contribution in [3.05, 3.63) is 59.7 Å². The summed E-state index contributed by atoms with van der Waals surface area (Å²) in [5, 5.41) is 12.5. The Morgan fingerprint density at radius 3 is 2.27 bits per heavy atom. The molecule has 0 saturated carbocycles. The highest BCUT2D eigenvalue weighted by molar-refractivity contribution is 6.21. The molecule has 0 aliphatic carbocycles. The molecule has 0 radical (unpaired) electrons. The molecule has 11 nitrogen and oxygen atoms in total. The number of ether oxygens (including phenoxy) is 2. The first-order chi connectivity index (χ1) is 19.8. The van der Waals surface area contributed by atoms with Crippen LogP contribution in [0.15, 0.2) is 48.5 Å². The molecule has 2 heterocycles. The molecule has 2 aliphatic heterocycles. The predicted octanol–water partition coefficient (Wildman–Crippen LogP) is 3.02. The highest BCUT2D eigenvalue weighted by Crippen LogP contribution is 2.31. The maximum atomic E-state index is 13.4. The number of hydrogen-bond acceptors (Lipinski definition) is 8. The molecule has 0 bridgehead atoms. The van der Waals surface area contributed by atoms with Crippen LogP contribution in [-0.4, -0.2) is 78.1 Å². The van der Waals surface area contributed by atoms with Crippen LogP contribution < -0.4 is 15.0 Å². The van der Waals surface area contributed by atoms with Crippen molar-refractivity contribution in [3.8, 4) is 5.75 Å². The highest BCUT2D eigenvalue weighted by atomic mass is 16.5. The first-order valence-electron chi connectivity index (χ1n) is 13.9. The molecule has 2 aromatic carbocycles. The lowest BCUT2D eigenvalue weighted by molar-refractivity contribution is -0.146. The second kappa shape index (κ2) is 13.9. The molecule has 0 fully saturated rings. The minimum Gasteiger partial charge on any atom is -0.489 e. The summed E-state index contributed by atoms with van der Waals surface area (Å²) in [6.45, 7) is 1.63. The van der Waals surface area contributed by atoms with Crippen LogP contribution in [0.4, 0.5) is 5.69 Å². The summed E-state index contributed by atoms with van der Waals surface area (Å²) in [4.78, 5) is 65.0. The smallest absolute Gasteiger partial charge is 0.323 e. The van der Waals surface area contributed by atoms with Crippen LogP contribution >= 0.6 is 0 Å². The van der Waals surface area contributed by atoms with Crippen molar-refractivity contribution < 1.29 is 38.6 Å². The summed E-state index contributed by atoms with van der Waals surface area (Å²) in [5.74, 6) is -2.27. The van der Waals surface area contributed by atoms with Crippen LogP contribution in [0.2, 0.25) is 0 Å². The zero-order valence-electron chi connectivity index (χ0n) is 23.0. The zero-order chi connectivity index (χ0) is 29.4. The van der Waals surface area contributed by atoms with Crippen molar-refractivity contribution >= 4 is 35.3 Å². The van der Waals surface area contributed by atoms with Gasteiger partial charge in [0.2, 0.25) is 5.91 Å². The van der Waals surface area contributed by atoms with Crippen LogP contribution in [0.3, 0.4) is 0 Å². The predicted molar refractivity (Wildman–Crippen MR) is 149 cm³/mol. The Kier molecular flexibility index (Phi) is 10.1. The molecule has 2 N–H and O–H groups in total. The van der Waals surface area contributed by atoms with E-state index in [1.807, 2.05) is 0 Å². The second-order valence-corrected chi connectivity index (χ2v) is 9.98. The number of unbranched alkanes of at least 4 members (excludes halogenated alkanes) is 4. The molecule has 11 heteroatoms. The van der Waals surface area contributed by atoms with E-state index in [0.717, 1.165) is 24.2 Å². The molecule has 218 valence electrons. The molecular weight excluding hydrogens is 530 g/mol. The number of rotatable bonds is 14. The number of carbonyl (C=O) groups excluding carboxylic acids is 4. The van der Waals surface area contributed by atoms with Gasteiger partial charge in [-0.1, -0.05) is 49.9 Å². The molecular formula is C30H35N3O8. The summed E-state index contributed by atoms with van der Waals surface area (Å²) in [6, 6.07) is 11.8. The van der Waals surface area contributed by atoms with E-state index in [4.69, 9.17) is 9.47 Å². The van der Waals surface area contributed by atoms with E-state index in [1.165, 1.54) is 4.90 Å². The summed E-state index contributed by atoms with van der Waals surface area (Å²) >= 11 is 0. The van der Waals surface area contributed by atoms with Gasteiger partial charge in [-0.05, 0) is 44.0 Å². The number of hydrogen-bond donors (Lipinski definition) is 2. The lowest BCUT2D eigenvalue weighted by atomic mass is 10.0. The number of amides is 3. The first-order valence-corrected chi connectivity index (χ1v) is 13.9. The number of anilines is 1. The molecule has 4 rings (SSSR count). The number of fused-ring (bicyclic) bond motifs is 2. The Bertz CT molecular complexity index is 1260. The van der Waals surface area contributed by atoms with Crippen molar-refractivity contribution in [2.24, 2.45) is 0 Å². The van der Waals surface area contributed by atoms with E-state index >= 15 is 0 Å². The van der Waals surface area contributed by atoms with Gasteiger partial charge in [-0.15, -0.1) is 0 Å². The van der Waals surface area contributed by atoms with Gasteiger partial charge in [-0.2, -0.15) is 0 Å². The van der Waals surface area contributed by atoms with Crippen LogP contribution in [-0.2, 0) is 19.1 Å². The SMILES string of the molecule is CCOC(=O)[C@H](CCCCCCCN1C(=O)c2ccccc2C1=O)N[C@H]1COc2ccccc2N(CC(=O)O)C1=O. The Morgan fingerprint density at radius 1 is 0.951 bits per heavy atom. The van der Waals surface area contributed by atoms with E-state index in [2.05, 4.69) is 5.32 Å². The van der Waals surface area contributed by atoms with Gasteiger partial charge >= 0.3 is 11.9 Å². The number of imide groups is 1. The standard InChI is InChI=1S/C30H35N3O8/c1-2-40-30(39)22(31-23-19-41-25-16-10-9-15-24(25)33(29(23)38)18-26(34)35)14-6-4-3-5-11-17-32-27(36)20-12-7-8-13-21(20)28(32)37/h7-10,12-13,15-16,22-23,31H,2-6,11,14,17-19H2,1H3,(H,34,35)/t22-,23-/m0/s1. The molecule has 2 aromatic rings. The lowest BCUT2D eigenvalue weighted by Crippen LogP contribution is -2.54. The normalized spacial score (nSPS) is 17.0. The third-order valence-corrected chi connectivity index (χ3v) is 7.15.